The maximum absolute atomic E-state index is 2.64. The lowest BCUT2D eigenvalue weighted by atomic mass is 9.94. The quantitative estimate of drug-likeness (QED) is 0.627. The van der Waals surface area contributed by atoms with Crippen LogP contribution in [-0.2, 0) is 19.3 Å². The summed E-state index contributed by atoms with van der Waals surface area (Å²) in [5, 5.41) is 1.55. The zero-order valence-electron chi connectivity index (χ0n) is 9.79. The summed E-state index contributed by atoms with van der Waals surface area (Å²) in [5.74, 6) is 0. The standard InChI is InChI=1S/C15H17N/c1-10-9-11-5-4-7-13-12-6-2-3-8-14(12)16(10)15(11)13/h4-5,7,10H,2-3,6,8-9H2,1H3. The number of aromatic nitrogens is 1. The molecule has 1 heteroatoms. The summed E-state index contributed by atoms with van der Waals surface area (Å²) in [7, 11) is 0. The number of nitrogens with zero attached hydrogens (tertiary/aromatic N) is 1. The monoisotopic (exact) mass is 211 g/mol. The van der Waals surface area contributed by atoms with Crippen molar-refractivity contribution in [3.05, 3.63) is 35.0 Å². The number of fused-ring (bicyclic) bond motifs is 3. The van der Waals surface area contributed by atoms with Gasteiger partial charge in [0.1, 0.15) is 0 Å². The second-order valence-electron chi connectivity index (χ2n) is 5.37. The third-order valence-corrected chi connectivity index (χ3v) is 4.37. The molecular formula is C15H17N. The fourth-order valence-corrected chi connectivity index (χ4v) is 3.76. The zero-order valence-corrected chi connectivity index (χ0v) is 9.79. The molecule has 1 aliphatic carbocycles. The van der Waals surface area contributed by atoms with Crippen LogP contribution in [0.2, 0.25) is 0 Å². The van der Waals surface area contributed by atoms with Gasteiger partial charge in [-0.15, -0.1) is 0 Å². The Morgan fingerprint density at radius 2 is 2.06 bits per heavy atom. The summed E-state index contributed by atoms with van der Waals surface area (Å²) in [4.78, 5) is 0. The van der Waals surface area contributed by atoms with E-state index in [9.17, 15) is 0 Å². The lowest BCUT2D eigenvalue weighted by Crippen LogP contribution is -2.10. The number of aryl methyl sites for hydroxylation is 1. The van der Waals surface area contributed by atoms with E-state index in [-0.39, 0.29) is 0 Å². The Bertz CT molecular complexity index is 577. The molecule has 1 aromatic carbocycles. The molecule has 2 heterocycles. The molecule has 16 heavy (non-hydrogen) atoms. The predicted octanol–water partition coefficient (Wildman–Crippen LogP) is 3.64. The normalized spacial score (nSPS) is 22.7. The van der Waals surface area contributed by atoms with Gasteiger partial charge >= 0.3 is 0 Å². The van der Waals surface area contributed by atoms with Crippen LogP contribution in [0, 0.1) is 0 Å². The van der Waals surface area contributed by atoms with Crippen molar-refractivity contribution in [2.24, 2.45) is 0 Å². The van der Waals surface area contributed by atoms with Crippen LogP contribution < -0.4 is 0 Å². The number of rotatable bonds is 0. The topological polar surface area (TPSA) is 4.93 Å². The summed E-state index contributed by atoms with van der Waals surface area (Å²) in [6, 6.07) is 7.57. The van der Waals surface area contributed by atoms with Gasteiger partial charge in [0.25, 0.3) is 0 Å². The number of hydrogen-bond donors (Lipinski definition) is 0. The Morgan fingerprint density at radius 3 is 3.00 bits per heavy atom. The Labute approximate surface area is 96.1 Å². The smallest absolute Gasteiger partial charge is 0.0521 e. The number of para-hydroxylation sites is 1. The second kappa shape index (κ2) is 2.91. The molecule has 4 rings (SSSR count). The Hall–Kier alpha value is -1.24. The zero-order chi connectivity index (χ0) is 10.7. The minimum absolute atomic E-state index is 0.682. The molecule has 1 atom stereocenters. The molecule has 1 unspecified atom stereocenters. The summed E-state index contributed by atoms with van der Waals surface area (Å²) >= 11 is 0. The molecule has 0 radical (unpaired) electrons. The van der Waals surface area contributed by atoms with Crippen LogP contribution in [0.3, 0.4) is 0 Å². The van der Waals surface area contributed by atoms with Crippen LogP contribution in [-0.4, -0.2) is 4.57 Å². The van der Waals surface area contributed by atoms with Crippen molar-refractivity contribution in [2.45, 2.75) is 45.1 Å². The van der Waals surface area contributed by atoms with Crippen molar-refractivity contribution in [1.82, 2.24) is 4.57 Å². The van der Waals surface area contributed by atoms with Crippen LogP contribution in [0.4, 0.5) is 0 Å². The highest BCUT2D eigenvalue weighted by Crippen LogP contribution is 2.41. The van der Waals surface area contributed by atoms with Crippen molar-refractivity contribution >= 4 is 10.9 Å². The lowest BCUT2D eigenvalue weighted by Gasteiger charge is -2.18. The molecule has 2 aromatic rings. The van der Waals surface area contributed by atoms with Gasteiger partial charge in [-0.1, -0.05) is 18.2 Å². The molecule has 1 aliphatic heterocycles. The summed E-state index contributed by atoms with van der Waals surface area (Å²) in [6.45, 7) is 2.37. The highest BCUT2D eigenvalue weighted by molar-refractivity contribution is 5.90. The van der Waals surface area contributed by atoms with Gasteiger partial charge in [-0.3, -0.25) is 0 Å². The van der Waals surface area contributed by atoms with E-state index in [0.717, 1.165) is 0 Å². The Balaban J connectivity index is 2.17. The van der Waals surface area contributed by atoms with Gasteiger partial charge in [-0.25, -0.2) is 0 Å². The average molecular weight is 211 g/mol. The predicted molar refractivity (Wildman–Crippen MR) is 67.0 cm³/mol. The third kappa shape index (κ3) is 0.922. The summed E-state index contributed by atoms with van der Waals surface area (Å²) in [5.41, 5.74) is 6.44. The van der Waals surface area contributed by atoms with Crippen LogP contribution in [0.1, 0.15) is 42.6 Å². The third-order valence-electron chi connectivity index (χ3n) is 4.37. The number of hydrogen-bond acceptors (Lipinski definition) is 0. The maximum atomic E-state index is 2.64. The van der Waals surface area contributed by atoms with Crippen LogP contribution >= 0.6 is 0 Å². The molecule has 0 saturated heterocycles. The molecule has 0 N–H and O–H groups in total. The van der Waals surface area contributed by atoms with Crippen molar-refractivity contribution < 1.29 is 0 Å². The van der Waals surface area contributed by atoms with Crippen molar-refractivity contribution in [3.8, 4) is 0 Å². The minimum Gasteiger partial charge on any atom is -0.341 e. The van der Waals surface area contributed by atoms with Gasteiger partial charge in [0.05, 0.1) is 5.52 Å². The molecular weight excluding hydrogens is 194 g/mol. The summed E-state index contributed by atoms with van der Waals surface area (Å²) in [6.07, 6.45) is 6.60. The molecule has 0 bridgehead atoms. The first kappa shape index (κ1) is 8.86. The van der Waals surface area contributed by atoms with Crippen LogP contribution in [0.25, 0.3) is 10.9 Å². The fraction of sp³-hybridized carbons (Fsp3) is 0.467. The fourth-order valence-electron chi connectivity index (χ4n) is 3.76. The molecule has 0 amide bonds. The van der Waals surface area contributed by atoms with Gasteiger partial charge < -0.3 is 4.57 Å². The highest BCUT2D eigenvalue weighted by Gasteiger charge is 2.28. The van der Waals surface area contributed by atoms with Crippen LogP contribution in [0.5, 0.6) is 0 Å². The van der Waals surface area contributed by atoms with Gasteiger partial charge in [-0.05, 0) is 50.2 Å². The maximum Gasteiger partial charge on any atom is 0.0521 e. The Kier molecular flexibility index (Phi) is 1.61. The highest BCUT2D eigenvalue weighted by atomic mass is 15.0. The van der Waals surface area contributed by atoms with Gasteiger partial charge in [-0.2, -0.15) is 0 Å². The molecule has 1 aromatic heterocycles. The van der Waals surface area contributed by atoms with Gasteiger partial charge in [0.15, 0.2) is 0 Å². The van der Waals surface area contributed by atoms with E-state index in [1.165, 1.54) is 32.1 Å². The molecule has 0 saturated carbocycles. The first-order valence-electron chi connectivity index (χ1n) is 6.50. The molecule has 0 spiro atoms. The molecule has 2 aliphatic rings. The molecule has 82 valence electrons. The second-order valence-corrected chi connectivity index (χ2v) is 5.37. The van der Waals surface area contributed by atoms with Crippen molar-refractivity contribution in [1.29, 1.82) is 0 Å². The molecule has 1 nitrogen and oxygen atoms in total. The van der Waals surface area contributed by atoms with E-state index in [4.69, 9.17) is 0 Å². The lowest BCUT2D eigenvalue weighted by molar-refractivity contribution is 0.546. The van der Waals surface area contributed by atoms with E-state index < -0.39 is 0 Å². The minimum atomic E-state index is 0.682. The number of benzene rings is 1. The van der Waals surface area contributed by atoms with E-state index in [1.807, 2.05) is 0 Å². The van der Waals surface area contributed by atoms with Crippen molar-refractivity contribution in [2.75, 3.05) is 0 Å². The van der Waals surface area contributed by atoms with E-state index in [2.05, 4.69) is 29.7 Å². The van der Waals surface area contributed by atoms with E-state index in [0.29, 0.717) is 6.04 Å². The van der Waals surface area contributed by atoms with Crippen LogP contribution in [0.15, 0.2) is 18.2 Å². The largest absolute Gasteiger partial charge is 0.341 e. The van der Waals surface area contributed by atoms with Crippen molar-refractivity contribution in [3.63, 3.8) is 0 Å². The van der Waals surface area contributed by atoms with E-state index >= 15 is 0 Å². The summed E-state index contributed by atoms with van der Waals surface area (Å²) < 4.78 is 2.64. The van der Waals surface area contributed by atoms with Gasteiger partial charge in [0, 0.05) is 17.1 Å². The first-order chi connectivity index (χ1) is 7.86. The Morgan fingerprint density at radius 1 is 1.19 bits per heavy atom. The SMILES string of the molecule is CC1Cc2cccc3c4c(n1c23)CCCC4. The van der Waals surface area contributed by atoms with E-state index in [1.54, 1.807) is 27.7 Å². The molecule has 0 fully saturated rings. The average Bonchev–Trinajstić information content (AvgIpc) is 2.82. The first-order valence-corrected chi connectivity index (χ1v) is 6.50. The van der Waals surface area contributed by atoms with Gasteiger partial charge in [0.2, 0.25) is 0 Å².